The number of aromatic nitrogens is 2. The van der Waals surface area contributed by atoms with E-state index in [0.717, 1.165) is 5.56 Å². The number of benzene rings is 1. The number of nitrogens with zero attached hydrogens (tertiary/aromatic N) is 3. The molecule has 1 atom stereocenters. The van der Waals surface area contributed by atoms with Crippen LogP contribution in [-0.2, 0) is 7.05 Å². The van der Waals surface area contributed by atoms with Gasteiger partial charge in [0.15, 0.2) is 0 Å². The number of hydrogen-bond donors (Lipinski definition) is 2. The largest absolute Gasteiger partial charge is 0.398 e. The van der Waals surface area contributed by atoms with Crippen LogP contribution in [0.3, 0.4) is 0 Å². The molecule has 1 heterocycles. The van der Waals surface area contributed by atoms with E-state index in [1.165, 1.54) is 18.2 Å². The topological polar surface area (TPSA) is 116 Å². The Balaban J connectivity index is 2.20. The first-order valence-electron chi connectivity index (χ1n) is 6.22. The number of aryl methyl sites for hydroxylation is 1. The van der Waals surface area contributed by atoms with Crippen molar-refractivity contribution in [3.63, 3.8) is 0 Å². The molecule has 0 radical (unpaired) electrons. The minimum absolute atomic E-state index is 0.0833. The smallest absolute Gasteiger partial charge is 0.270 e. The summed E-state index contributed by atoms with van der Waals surface area (Å²) in [6, 6.07) is 3.49. The van der Waals surface area contributed by atoms with E-state index < -0.39 is 10.8 Å². The lowest BCUT2D eigenvalue weighted by atomic mass is 10.1. The van der Waals surface area contributed by atoms with Gasteiger partial charge in [0.1, 0.15) is 0 Å². The summed E-state index contributed by atoms with van der Waals surface area (Å²) >= 11 is 0. The van der Waals surface area contributed by atoms with Gasteiger partial charge in [-0.1, -0.05) is 0 Å². The highest BCUT2D eigenvalue weighted by atomic mass is 16.6. The summed E-state index contributed by atoms with van der Waals surface area (Å²) in [6.07, 6.45) is 3.42. The van der Waals surface area contributed by atoms with Crippen LogP contribution in [0.1, 0.15) is 28.9 Å². The fourth-order valence-electron chi connectivity index (χ4n) is 1.88. The molecule has 110 valence electrons. The van der Waals surface area contributed by atoms with Crippen LogP contribution < -0.4 is 11.1 Å². The molecule has 0 aliphatic carbocycles. The Kier molecular flexibility index (Phi) is 3.88. The van der Waals surface area contributed by atoms with Crippen molar-refractivity contribution in [2.75, 3.05) is 5.73 Å². The molecule has 2 rings (SSSR count). The summed E-state index contributed by atoms with van der Waals surface area (Å²) in [7, 11) is 1.77. The Bertz CT molecular complexity index is 695. The number of carbonyl (C=O) groups excluding carboxylic acids is 1. The Morgan fingerprint density at radius 1 is 1.52 bits per heavy atom. The van der Waals surface area contributed by atoms with Gasteiger partial charge in [-0.2, -0.15) is 5.10 Å². The highest BCUT2D eigenvalue weighted by Crippen LogP contribution is 2.20. The third kappa shape index (κ3) is 3.16. The average Bonchev–Trinajstić information content (AvgIpc) is 2.85. The van der Waals surface area contributed by atoms with Crippen molar-refractivity contribution in [3.8, 4) is 0 Å². The maximum Gasteiger partial charge on any atom is 0.270 e. The van der Waals surface area contributed by atoms with E-state index in [1.807, 2.05) is 0 Å². The van der Waals surface area contributed by atoms with Crippen molar-refractivity contribution in [1.29, 1.82) is 0 Å². The second-order valence-corrected chi connectivity index (χ2v) is 4.67. The maximum absolute atomic E-state index is 12.2. The number of nitro groups is 1. The molecule has 0 saturated carbocycles. The monoisotopic (exact) mass is 289 g/mol. The fourth-order valence-corrected chi connectivity index (χ4v) is 1.88. The lowest BCUT2D eigenvalue weighted by molar-refractivity contribution is -0.384. The number of amides is 1. The number of anilines is 1. The minimum Gasteiger partial charge on any atom is -0.398 e. The molecular formula is C13H15N5O3. The summed E-state index contributed by atoms with van der Waals surface area (Å²) in [5.74, 6) is -0.465. The molecule has 0 aliphatic heterocycles. The van der Waals surface area contributed by atoms with Crippen molar-refractivity contribution < 1.29 is 9.72 Å². The summed E-state index contributed by atoms with van der Waals surface area (Å²) in [4.78, 5) is 22.4. The van der Waals surface area contributed by atoms with Gasteiger partial charge < -0.3 is 11.1 Å². The van der Waals surface area contributed by atoms with Crippen LogP contribution in [0.5, 0.6) is 0 Å². The van der Waals surface area contributed by atoms with E-state index in [0.29, 0.717) is 0 Å². The first-order chi connectivity index (χ1) is 9.88. The predicted molar refractivity (Wildman–Crippen MR) is 76.6 cm³/mol. The fraction of sp³-hybridized carbons (Fsp3) is 0.231. The molecule has 21 heavy (non-hydrogen) atoms. The van der Waals surface area contributed by atoms with E-state index in [9.17, 15) is 14.9 Å². The van der Waals surface area contributed by atoms with Crippen molar-refractivity contribution in [3.05, 3.63) is 51.8 Å². The van der Waals surface area contributed by atoms with Gasteiger partial charge in [0.25, 0.3) is 11.6 Å². The zero-order valence-corrected chi connectivity index (χ0v) is 11.6. The molecule has 2 aromatic rings. The van der Waals surface area contributed by atoms with Crippen molar-refractivity contribution >= 4 is 17.3 Å². The first-order valence-corrected chi connectivity index (χ1v) is 6.22. The van der Waals surface area contributed by atoms with Gasteiger partial charge in [-0.3, -0.25) is 19.6 Å². The molecule has 1 amide bonds. The number of nitro benzene ring substituents is 1. The Hall–Kier alpha value is -2.90. The zero-order chi connectivity index (χ0) is 15.6. The predicted octanol–water partition coefficient (Wildman–Crippen LogP) is 1.40. The second kappa shape index (κ2) is 5.61. The zero-order valence-electron chi connectivity index (χ0n) is 11.6. The molecule has 1 aromatic heterocycles. The van der Waals surface area contributed by atoms with Crippen LogP contribution in [-0.4, -0.2) is 20.6 Å². The van der Waals surface area contributed by atoms with Crippen LogP contribution in [0.15, 0.2) is 30.6 Å². The molecule has 0 unspecified atom stereocenters. The number of nitrogens with two attached hydrogens (primary N) is 1. The Morgan fingerprint density at radius 2 is 2.24 bits per heavy atom. The van der Waals surface area contributed by atoms with Gasteiger partial charge in [-0.15, -0.1) is 0 Å². The molecule has 3 N–H and O–H groups in total. The van der Waals surface area contributed by atoms with E-state index in [2.05, 4.69) is 10.4 Å². The molecule has 0 aliphatic rings. The molecule has 0 bridgehead atoms. The third-order valence-corrected chi connectivity index (χ3v) is 3.06. The molecule has 0 spiro atoms. The van der Waals surface area contributed by atoms with Crippen LogP contribution >= 0.6 is 0 Å². The Labute approximate surface area is 120 Å². The number of nitrogen functional groups attached to an aromatic ring is 1. The lowest BCUT2D eigenvalue weighted by Crippen LogP contribution is -2.27. The number of carbonyl (C=O) groups is 1. The third-order valence-electron chi connectivity index (χ3n) is 3.06. The average molecular weight is 289 g/mol. The van der Waals surface area contributed by atoms with Crippen LogP contribution in [0.25, 0.3) is 0 Å². The maximum atomic E-state index is 12.2. The van der Waals surface area contributed by atoms with Gasteiger partial charge in [-0.25, -0.2) is 0 Å². The molecule has 1 aromatic carbocycles. The van der Waals surface area contributed by atoms with Gasteiger partial charge in [0.05, 0.1) is 22.7 Å². The molecule has 8 nitrogen and oxygen atoms in total. The van der Waals surface area contributed by atoms with Gasteiger partial charge in [0, 0.05) is 36.6 Å². The van der Waals surface area contributed by atoms with E-state index in [4.69, 9.17) is 5.73 Å². The van der Waals surface area contributed by atoms with E-state index in [1.54, 1.807) is 31.0 Å². The van der Waals surface area contributed by atoms with Gasteiger partial charge in [0.2, 0.25) is 0 Å². The van der Waals surface area contributed by atoms with E-state index >= 15 is 0 Å². The van der Waals surface area contributed by atoms with E-state index in [-0.39, 0.29) is 23.0 Å². The van der Waals surface area contributed by atoms with Crippen LogP contribution in [0, 0.1) is 10.1 Å². The summed E-state index contributed by atoms with van der Waals surface area (Å²) in [5, 5.41) is 17.5. The minimum atomic E-state index is -0.569. The second-order valence-electron chi connectivity index (χ2n) is 4.67. The summed E-state index contributed by atoms with van der Waals surface area (Å²) < 4.78 is 1.62. The number of nitrogens with one attached hydrogen (secondary N) is 1. The van der Waals surface area contributed by atoms with Crippen molar-refractivity contribution in [2.24, 2.45) is 7.05 Å². The SMILES string of the molecule is C[C@@H](NC(=O)c1cc([N+](=O)[O-])ccc1N)c1cnn(C)c1. The standard InChI is InChI=1S/C13H15N5O3/c1-8(9-6-15-17(2)7-9)16-13(19)11-5-10(18(20)21)3-4-12(11)14/h3-8H,14H2,1-2H3,(H,16,19)/t8-/m1/s1. The first kappa shape index (κ1) is 14.5. The van der Waals surface area contributed by atoms with Gasteiger partial charge in [-0.05, 0) is 13.0 Å². The lowest BCUT2D eigenvalue weighted by Gasteiger charge is -2.13. The quantitative estimate of drug-likeness (QED) is 0.501. The van der Waals surface area contributed by atoms with Crippen LogP contribution in [0.2, 0.25) is 0 Å². The van der Waals surface area contributed by atoms with Crippen molar-refractivity contribution in [1.82, 2.24) is 15.1 Å². The Morgan fingerprint density at radius 3 is 2.81 bits per heavy atom. The van der Waals surface area contributed by atoms with Crippen molar-refractivity contribution in [2.45, 2.75) is 13.0 Å². The highest BCUT2D eigenvalue weighted by molar-refractivity contribution is 6.00. The normalized spacial score (nSPS) is 11.9. The number of non-ortho nitro benzene ring substituents is 1. The number of rotatable bonds is 4. The molecule has 0 fully saturated rings. The highest BCUT2D eigenvalue weighted by Gasteiger charge is 2.18. The number of hydrogen-bond acceptors (Lipinski definition) is 5. The molecular weight excluding hydrogens is 274 g/mol. The molecule has 0 saturated heterocycles. The van der Waals surface area contributed by atoms with Crippen LogP contribution in [0.4, 0.5) is 11.4 Å². The summed E-state index contributed by atoms with van der Waals surface area (Å²) in [6.45, 7) is 1.79. The molecule has 8 heteroatoms. The van der Waals surface area contributed by atoms with Gasteiger partial charge >= 0.3 is 0 Å². The summed E-state index contributed by atoms with van der Waals surface area (Å²) in [5.41, 5.74) is 6.63.